The van der Waals surface area contributed by atoms with Gasteiger partial charge in [0.25, 0.3) is 0 Å². The summed E-state index contributed by atoms with van der Waals surface area (Å²) in [4.78, 5) is 12.3. The van der Waals surface area contributed by atoms with Crippen LogP contribution in [0.5, 0.6) is 0 Å². The Labute approximate surface area is 178 Å². The lowest BCUT2D eigenvalue weighted by molar-refractivity contribution is -0.119. The maximum absolute atomic E-state index is 12.3. The van der Waals surface area contributed by atoms with Gasteiger partial charge >= 0.3 is 0 Å². The maximum atomic E-state index is 12.3. The summed E-state index contributed by atoms with van der Waals surface area (Å²) < 4.78 is 25.7. The molecule has 0 aliphatic carbocycles. The highest BCUT2D eigenvalue weighted by Gasteiger charge is 2.22. The number of anilines is 1. The van der Waals surface area contributed by atoms with Gasteiger partial charge in [0.15, 0.2) is 0 Å². The molecule has 0 radical (unpaired) electrons. The smallest absolute Gasteiger partial charge is 0.240 e. The molecule has 158 valence electrons. The van der Waals surface area contributed by atoms with Crippen LogP contribution < -0.4 is 9.62 Å². The second-order valence-electron chi connectivity index (χ2n) is 7.17. The van der Waals surface area contributed by atoms with E-state index in [9.17, 15) is 13.2 Å². The van der Waals surface area contributed by atoms with Crippen molar-refractivity contribution in [2.75, 3.05) is 29.4 Å². The van der Waals surface area contributed by atoms with Crippen LogP contribution in [0, 0.1) is 20.8 Å². The zero-order valence-electron chi connectivity index (χ0n) is 17.6. The van der Waals surface area contributed by atoms with E-state index in [0.717, 1.165) is 35.3 Å². The molecule has 0 aliphatic rings. The minimum Gasteiger partial charge on any atom is -0.354 e. The molecule has 0 fully saturated rings. The van der Waals surface area contributed by atoms with E-state index in [2.05, 4.69) is 24.4 Å². The van der Waals surface area contributed by atoms with Crippen LogP contribution in [0.2, 0.25) is 0 Å². The van der Waals surface area contributed by atoms with Crippen molar-refractivity contribution < 1.29 is 13.2 Å². The molecule has 7 heteroatoms. The van der Waals surface area contributed by atoms with Crippen molar-refractivity contribution in [1.82, 2.24) is 5.32 Å². The van der Waals surface area contributed by atoms with Gasteiger partial charge in [0, 0.05) is 12.3 Å². The number of benzene rings is 2. The number of hydrogen-bond acceptors (Lipinski definition) is 4. The van der Waals surface area contributed by atoms with Gasteiger partial charge in [-0.05, 0) is 61.3 Å². The quantitative estimate of drug-likeness (QED) is 0.578. The molecule has 0 aromatic heterocycles. The molecule has 2 aromatic rings. The highest BCUT2D eigenvalue weighted by Crippen LogP contribution is 2.24. The first-order valence-corrected chi connectivity index (χ1v) is 12.6. The van der Waals surface area contributed by atoms with E-state index in [1.807, 2.05) is 43.8 Å². The number of sulfonamides is 1. The second-order valence-corrected chi connectivity index (χ2v) is 10.2. The number of carbonyl (C=O) groups excluding carboxylic acids is 1. The number of thioether (sulfide) groups is 1. The minimum atomic E-state index is -3.56. The first-order valence-electron chi connectivity index (χ1n) is 9.63. The standard InChI is InChI=1S/C22H30N2O3S2/c1-17-10-7-12-21(19(17)3)24(29(4,26)27)15-22(25)23-13-8-14-28-16-20-11-6-5-9-18(20)2/h5-7,9-12H,8,13-16H2,1-4H3,(H,23,25). The molecule has 0 saturated carbocycles. The third-order valence-corrected chi connectivity index (χ3v) is 7.06. The Morgan fingerprint density at radius 1 is 1.03 bits per heavy atom. The highest BCUT2D eigenvalue weighted by molar-refractivity contribution is 7.98. The SMILES string of the molecule is Cc1ccccc1CSCCCNC(=O)CN(c1cccc(C)c1C)S(C)(=O)=O. The van der Waals surface area contributed by atoms with Crippen LogP contribution in [-0.4, -0.2) is 39.4 Å². The third-order valence-electron chi connectivity index (χ3n) is 4.84. The molecule has 0 spiro atoms. The molecule has 0 heterocycles. The first kappa shape index (κ1) is 23.3. The van der Waals surface area contributed by atoms with Gasteiger partial charge in [-0.1, -0.05) is 36.4 Å². The molecule has 0 aliphatic heterocycles. The summed E-state index contributed by atoms with van der Waals surface area (Å²) in [7, 11) is -3.56. The van der Waals surface area contributed by atoms with E-state index >= 15 is 0 Å². The predicted octanol–water partition coefficient (Wildman–Crippen LogP) is 3.82. The molecule has 29 heavy (non-hydrogen) atoms. The lowest BCUT2D eigenvalue weighted by atomic mass is 10.1. The van der Waals surface area contributed by atoms with Gasteiger partial charge in [0.1, 0.15) is 6.54 Å². The Kier molecular flexibility index (Phi) is 8.59. The van der Waals surface area contributed by atoms with E-state index in [0.29, 0.717) is 12.2 Å². The monoisotopic (exact) mass is 434 g/mol. The molecular formula is C22H30N2O3S2. The molecule has 1 N–H and O–H groups in total. The fourth-order valence-corrected chi connectivity index (χ4v) is 4.87. The summed E-state index contributed by atoms with van der Waals surface area (Å²) in [5.41, 5.74) is 5.02. The second kappa shape index (κ2) is 10.7. The summed E-state index contributed by atoms with van der Waals surface area (Å²) in [6.45, 7) is 6.23. The van der Waals surface area contributed by atoms with E-state index in [4.69, 9.17) is 0 Å². The van der Waals surface area contributed by atoms with Crippen molar-refractivity contribution in [3.05, 3.63) is 64.7 Å². The zero-order chi connectivity index (χ0) is 21.4. The lowest BCUT2D eigenvalue weighted by Gasteiger charge is -2.24. The van der Waals surface area contributed by atoms with Crippen LogP contribution >= 0.6 is 11.8 Å². The van der Waals surface area contributed by atoms with Crippen LogP contribution in [-0.2, 0) is 20.6 Å². The molecule has 0 unspecified atom stereocenters. The van der Waals surface area contributed by atoms with Gasteiger partial charge in [-0.2, -0.15) is 11.8 Å². The van der Waals surface area contributed by atoms with Gasteiger partial charge in [-0.25, -0.2) is 8.42 Å². The number of nitrogens with zero attached hydrogens (tertiary/aromatic N) is 1. The van der Waals surface area contributed by atoms with Gasteiger partial charge in [-0.15, -0.1) is 0 Å². The molecule has 2 rings (SSSR count). The Bertz CT molecular complexity index is 943. The van der Waals surface area contributed by atoms with Crippen LogP contribution in [0.3, 0.4) is 0 Å². The third kappa shape index (κ3) is 7.08. The number of nitrogens with one attached hydrogen (secondary N) is 1. The van der Waals surface area contributed by atoms with E-state index in [1.165, 1.54) is 15.4 Å². The number of hydrogen-bond donors (Lipinski definition) is 1. The topological polar surface area (TPSA) is 66.5 Å². The molecule has 2 aromatic carbocycles. The minimum absolute atomic E-state index is 0.209. The Balaban J connectivity index is 1.82. The van der Waals surface area contributed by atoms with Crippen molar-refractivity contribution in [3.8, 4) is 0 Å². The van der Waals surface area contributed by atoms with Gasteiger partial charge in [0.2, 0.25) is 15.9 Å². The van der Waals surface area contributed by atoms with Crippen molar-refractivity contribution in [3.63, 3.8) is 0 Å². The molecule has 0 bridgehead atoms. The fourth-order valence-electron chi connectivity index (χ4n) is 2.93. The number of amides is 1. The molecule has 1 amide bonds. The first-order chi connectivity index (χ1) is 13.7. The molecular weight excluding hydrogens is 404 g/mol. The van der Waals surface area contributed by atoms with Gasteiger partial charge in [-0.3, -0.25) is 9.10 Å². The average molecular weight is 435 g/mol. The van der Waals surface area contributed by atoms with Crippen molar-refractivity contribution in [2.45, 2.75) is 32.9 Å². The number of carbonyl (C=O) groups is 1. The van der Waals surface area contributed by atoms with Crippen molar-refractivity contribution in [2.24, 2.45) is 0 Å². The number of rotatable bonds is 10. The Morgan fingerprint density at radius 3 is 2.41 bits per heavy atom. The number of aryl methyl sites for hydroxylation is 2. The molecule has 5 nitrogen and oxygen atoms in total. The van der Waals surface area contributed by atoms with Crippen LogP contribution in [0.1, 0.15) is 28.7 Å². The summed E-state index contributed by atoms with van der Waals surface area (Å²) in [6, 6.07) is 13.8. The molecule has 0 saturated heterocycles. The Hall–Kier alpha value is -1.99. The van der Waals surface area contributed by atoms with E-state index in [1.54, 1.807) is 12.1 Å². The van der Waals surface area contributed by atoms with E-state index < -0.39 is 10.0 Å². The fraction of sp³-hybridized carbons (Fsp3) is 0.409. The lowest BCUT2D eigenvalue weighted by Crippen LogP contribution is -2.41. The van der Waals surface area contributed by atoms with Crippen molar-refractivity contribution in [1.29, 1.82) is 0 Å². The molecule has 0 atom stereocenters. The van der Waals surface area contributed by atoms with Crippen LogP contribution in [0.15, 0.2) is 42.5 Å². The largest absolute Gasteiger partial charge is 0.354 e. The average Bonchev–Trinajstić information content (AvgIpc) is 2.65. The summed E-state index contributed by atoms with van der Waals surface area (Å²) in [5, 5.41) is 2.84. The van der Waals surface area contributed by atoms with Gasteiger partial charge < -0.3 is 5.32 Å². The summed E-state index contributed by atoms with van der Waals surface area (Å²) >= 11 is 1.83. The summed E-state index contributed by atoms with van der Waals surface area (Å²) in [5.74, 6) is 1.59. The predicted molar refractivity (Wildman–Crippen MR) is 123 cm³/mol. The maximum Gasteiger partial charge on any atom is 0.240 e. The van der Waals surface area contributed by atoms with E-state index in [-0.39, 0.29) is 12.5 Å². The Morgan fingerprint density at radius 2 is 1.72 bits per heavy atom. The highest BCUT2D eigenvalue weighted by atomic mass is 32.2. The van der Waals surface area contributed by atoms with Gasteiger partial charge in [0.05, 0.1) is 11.9 Å². The van der Waals surface area contributed by atoms with Crippen LogP contribution in [0.25, 0.3) is 0 Å². The normalized spacial score (nSPS) is 11.3. The summed E-state index contributed by atoms with van der Waals surface area (Å²) in [6.07, 6.45) is 1.97. The van der Waals surface area contributed by atoms with Crippen LogP contribution in [0.4, 0.5) is 5.69 Å². The zero-order valence-corrected chi connectivity index (χ0v) is 19.2. The van der Waals surface area contributed by atoms with Crippen molar-refractivity contribution >= 4 is 33.4 Å².